The van der Waals surface area contributed by atoms with Gasteiger partial charge in [-0.15, -0.1) is 0 Å². The number of hydrogen-bond donors (Lipinski definition) is 1. The van der Waals surface area contributed by atoms with E-state index < -0.39 is 0 Å². The minimum Gasteiger partial charge on any atom is -0.378 e. The van der Waals surface area contributed by atoms with Crippen LogP contribution in [0.25, 0.3) is 0 Å². The van der Waals surface area contributed by atoms with Gasteiger partial charge < -0.3 is 10.1 Å². The second-order valence-electron chi connectivity index (χ2n) is 7.42. The van der Waals surface area contributed by atoms with Crippen LogP contribution in [-0.4, -0.2) is 48.8 Å². The quantitative estimate of drug-likeness (QED) is 0.827. The average molecular weight is 266 g/mol. The first-order valence-electron chi connectivity index (χ1n) is 8.25. The third kappa shape index (κ3) is 3.71. The monoisotopic (exact) mass is 266 g/mol. The molecule has 0 bridgehead atoms. The van der Waals surface area contributed by atoms with Gasteiger partial charge in [-0.05, 0) is 64.8 Å². The summed E-state index contributed by atoms with van der Waals surface area (Å²) in [5, 5.41) is 3.72. The van der Waals surface area contributed by atoms with E-state index >= 15 is 0 Å². The topological polar surface area (TPSA) is 24.5 Å². The highest BCUT2D eigenvalue weighted by molar-refractivity contribution is 4.98. The first-order valence-corrected chi connectivity index (χ1v) is 8.25. The van der Waals surface area contributed by atoms with Crippen LogP contribution in [0.3, 0.4) is 0 Å². The normalized spacial score (nSPS) is 35.7. The largest absolute Gasteiger partial charge is 0.378 e. The van der Waals surface area contributed by atoms with Crippen LogP contribution in [0, 0.1) is 5.92 Å². The molecule has 3 heteroatoms. The van der Waals surface area contributed by atoms with Crippen molar-refractivity contribution < 1.29 is 4.74 Å². The Morgan fingerprint density at radius 1 is 1.26 bits per heavy atom. The minimum atomic E-state index is 0.287. The summed E-state index contributed by atoms with van der Waals surface area (Å²) in [7, 11) is 0. The first-order chi connectivity index (χ1) is 9.14. The van der Waals surface area contributed by atoms with Gasteiger partial charge in [0.2, 0.25) is 0 Å². The highest BCUT2D eigenvalue weighted by atomic mass is 16.5. The summed E-state index contributed by atoms with van der Waals surface area (Å²) in [5.41, 5.74) is 0.287. The zero-order chi connectivity index (χ0) is 13.3. The van der Waals surface area contributed by atoms with Crippen LogP contribution in [0.2, 0.25) is 0 Å². The molecule has 2 saturated heterocycles. The summed E-state index contributed by atoms with van der Waals surface area (Å²) in [6.45, 7) is 9.34. The zero-order valence-electron chi connectivity index (χ0n) is 12.7. The van der Waals surface area contributed by atoms with E-state index in [0.717, 1.165) is 18.6 Å². The van der Waals surface area contributed by atoms with E-state index in [-0.39, 0.29) is 5.54 Å². The van der Waals surface area contributed by atoms with Crippen molar-refractivity contribution in [1.82, 2.24) is 10.2 Å². The highest BCUT2D eigenvalue weighted by Crippen LogP contribution is 2.37. The lowest BCUT2D eigenvalue weighted by Crippen LogP contribution is -2.62. The van der Waals surface area contributed by atoms with Crippen LogP contribution >= 0.6 is 0 Å². The Balaban J connectivity index is 1.47. The van der Waals surface area contributed by atoms with E-state index in [2.05, 4.69) is 24.1 Å². The maximum Gasteiger partial charge on any atom is 0.0576 e. The van der Waals surface area contributed by atoms with Crippen LogP contribution in [0.5, 0.6) is 0 Å². The van der Waals surface area contributed by atoms with Gasteiger partial charge in [0.05, 0.1) is 6.10 Å². The van der Waals surface area contributed by atoms with E-state index in [1.807, 2.05) is 0 Å². The molecule has 1 aliphatic carbocycles. The zero-order valence-corrected chi connectivity index (χ0v) is 12.7. The minimum absolute atomic E-state index is 0.287. The van der Waals surface area contributed by atoms with Crippen LogP contribution in [0.4, 0.5) is 0 Å². The molecule has 3 aliphatic rings. The summed E-state index contributed by atoms with van der Waals surface area (Å²) in [6, 6.07) is 0.803. The van der Waals surface area contributed by atoms with E-state index in [9.17, 15) is 0 Å². The molecule has 0 spiro atoms. The Morgan fingerprint density at radius 2 is 2.11 bits per heavy atom. The first kappa shape index (κ1) is 13.8. The Labute approximate surface area is 118 Å². The fourth-order valence-electron chi connectivity index (χ4n) is 3.78. The Morgan fingerprint density at radius 3 is 2.79 bits per heavy atom. The van der Waals surface area contributed by atoms with Gasteiger partial charge in [0.1, 0.15) is 0 Å². The van der Waals surface area contributed by atoms with Crippen LogP contribution in [0.1, 0.15) is 52.4 Å². The lowest BCUT2D eigenvalue weighted by molar-refractivity contribution is 0.0677. The van der Waals surface area contributed by atoms with Crippen molar-refractivity contribution in [3.05, 3.63) is 0 Å². The van der Waals surface area contributed by atoms with Gasteiger partial charge >= 0.3 is 0 Å². The summed E-state index contributed by atoms with van der Waals surface area (Å²) < 4.78 is 5.74. The van der Waals surface area contributed by atoms with Gasteiger partial charge in [0, 0.05) is 31.3 Å². The SMILES string of the molecule is CC1(C)CN(CCCC2CCCO2)C(C2CC2)CN1. The molecule has 3 fully saturated rings. The molecule has 2 unspecified atom stereocenters. The molecule has 2 aliphatic heterocycles. The fourth-order valence-corrected chi connectivity index (χ4v) is 3.78. The van der Waals surface area contributed by atoms with E-state index in [1.54, 1.807) is 0 Å². The molecule has 0 amide bonds. The molecule has 0 aromatic carbocycles. The van der Waals surface area contributed by atoms with Gasteiger partial charge in [-0.3, -0.25) is 4.90 Å². The smallest absolute Gasteiger partial charge is 0.0576 e. The van der Waals surface area contributed by atoms with Crippen LogP contribution in [-0.2, 0) is 4.74 Å². The van der Waals surface area contributed by atoms with Crippen LogP contribution in [0.15, 0.2) is 0 Å². The average Bonchev–Trinajstić information content (AvgIpc) is 3.05. The molecule has 3 rings (SSSR count). The summed E-state index contributed by atoms with van der Waals surface area (Å²) >= 11 is 0. The third-order valence-corrected chi connectivity index (χ3v) is 5.02. The van der Waals surface area contributed by atoms with Gasteiger partial charge in [0.15, 0.2) is 0 Å². The molecule has 19 heavy (non-hydrogen) atoms. The number of ether oxygens (including phenoxy) is 1. The Kier molecular flexibility index (Phi) is 4.16. The number of piperazine rings is 1. The predicted molar refractivity (Wildman–Crippen MR) is 78.4 cm³/mol. The maximum absolute atomic E-state index is 5.74. The summed E-state index contributed by atoms with van der Waals surface area (Å²) in [4.78, 5) is 2.77. The molecule has 110 valence electrons. The van der Waals surface area contributed by atoms with Crippen molar-refractivity contribution >= 4 is 0 Å². The van der Waals surface area contributed by atoms with Crippen molar-refractivity contribution in [2.75, 3.05) is 26.2 Å². The maximum atomic E-state index is 5.74. The summed E-state index contributed by atoms with van der Waals surface area (Å²) in [6.07, 6.45) is 8.61. The van der Waals surface area contributed by atoms with Crippen molar-refractivity contribution in [3.8, 4) is 0 Å². The van der Waals surface area contributed by atoms with Gasteiger partial charge in [-0.1, -0.05) is 0 Å². The molecule has 0 aromatic rings. The number of nitrogens with zero attached hydrogens (tertiary/aromatic N) is 1. The molecular formula is C16H30N2O. The number of rotatable bonds is 5. The molecule has 2 heterocycles. The predicted octanol–water partition coefficient (Wildman–Crippen LogP) is 2.41. The molecular weight excluding hydrogens is 236 g/mol. The van der Waals surface area contributed by atoms with Crippen molar-refractivity contribution in [2.24, 2.45) is 5.92 Å². The Hall–Kier alpha value is -0.120. The second-order valence-corrected chi connectivity index (χ2v) is 7.42. The lowest BCUT2D eigenvalue weighted by Gasteiger charge is -2.45. The van der Waals surface area contributed by atoms with E-state index in [1.165, 1.54) is 58.2 Å². The van der Waals surface area contributed by atoms with Crippen molar-refractivity contribution in [1.29, 1.82) is 0 Å². The van der Waals surface area contributed by atoms with Crippen molar-refractivity contribution in [3.63, 3.8) is 0 Å². The van der Waals surface area contributed by atoms with Crippen LogP contribution < -0.4 is 5.32 Å². The fraction of sp³-hybridized carbons (Fsp3) is 1.00. The second kappa shape index (κ2) is 5.71. The van der Waals surface area contributed by atoms with E-state index in [0.29, 0.717) is 6.10 Å². The van der Waals surface area contributed by atoms with Gasteiger partial charge in [-0.2, -0.15) is 0 Å². The lowest BCUT2D eigenvalue weighted by atomic mass is 9.96. The standard InChI is InChI=1S/C16H30N2O/c1-16(2)12-18(15(11-17-16)13-7-8-13)9-3-5-14-6-4-10-19-14/h13-15,17H,3-12H2,1-2H3. The molecule has 0 radical (unpaired) electrons. The van der Waals surface area contributed by atoms with Gasteiger partial charge in [0.25, 0.3) is 0 Å². The molecule has 1 N–H and O–H groups in total. The molecule has 1 saturated carbocycles. The molecule has 0 aromatic heterocycles. The van der Waals surface area contributed by atoms with Crippen molar-refractivity contribution in [2.45, 2.75) is 70.1 Å². The summed E-state index contributed by atoms with van der Waals surface area (Å²) in [5.74, 6) is 0.978. The molecule has 3 nitrogen and oxygen atoms in total. The van der Waals surface area contributed by atoms with E-state index in [4.69, 9.17) is 4.74 Å². The number of nitrogens with one attached hydrogen (secondary N) is 1. The third-order valence-electron chi connectivity index (χ3n) is 5.02. The highest BCUT2D eigenvalue weighted by Gasteiger charge is 2.40. The number of hydrogen-bond acceptors (Lipinski definition) is 3. The Bertz CT molecular complexity index is 295. The molecule has 2 atom stereocenters. The van der Waals surface area contributed by atoms with Gasteiger partial charge in [-0.25, -0.2) is 0 Å².